The molecule has 3 rings (SSSR count). The van der Waals surface area contributed by atoms with Gasteiger partial charge < -0.3 is 40.1 Å². The summed E-state index contributed by atoms with van der Waals surface area (Å²) in [5.41, 5.74) is 0.578. The molecule has 0 saturated carbocycles. The highest BCUT2D eigenvalue weighted by Gasteiger charge is 2.43. The molecule has 2 aromatic carbocycles. The van der Waals surface area contributed by atoms with E-state index in [4.69, 9.17) is 9.47 Å². The fraction of sp³-hybridized carbons (Fsp3) is 0.381. The van der Waals surface area contributed by atoms with Crippen molar-refractivity contribution in [3.63, 3.8) is 0 Å². The minimum absolute atomic E-state index is 0.00864. The average Bonchev–Trinajstić information content (AvgIpc) is 2.69. The number of Topliss-reactive ketones (excluding diaryl/α,β-unsaturated/α-hetero) is 1. The van der Waals surface area contributed by atoms with Crippen molar-refractivity contribution in [2.45, 2.75) is 50.5 Å². The molecule has 0 radical (unpaired) electrons. The van der Waals surface area contributed by atoms with E-state index < -0.39 is 42.2 Å². The van der Waals surface area contributed by atoms with Gasteiger partial charge >= 0.3 is 0 Å². The molecule has 1 heterocycles. The van der Waals surface area contributed by atoms with Crippen LogP contribution in [-0.4, -0.2) is 67.1 Å². The van der Waals surface area contributed by atoms with E-state index in [0.29, 0.717) is 6.42 Å². The third kappa shape index (κ3) is 4.65. The highest BCUT2D eigenvalue weighted by molar-refractivity contribution is 6.01. The normalized spacial score (nSPS) is 26.3. The van der Waals surface area contributed by atoms with Crippen LogP contribution in [0.3, 0.4) is 0 Å². The van der Waals surface area contributed by atoms with Gasteiger partial charge in [0.1, 0.15) is 46.9 Å². The van der Waals surface area contributed by atoms with Gasteiger partial charge in [-0.15, -0.1) is 0 Å². The van der Waals surface area contributed by atoms with E-state index in [9.17, 15) is 35.4 Å². The Morgan fingerprint density at radius 3 is 2.30 bits per heavy atom. The lowest BCUT2D eigenvalue weighted by atomic mass is 9.99. The number of carbonyl (C=O) groups is 1. The van der Waals surface area contributed by atoms with Crippen LogP contribution < -0.4 is 4.74 Å². The molecule has 0 amide bonds. The molecule has 0 aliphatic carbocycles. The van der Waals surface area contributed by atoms with Crippen molar-refractivity contribution in [2.24, 2.45) is 0 Å². The van der Waals surface area contributed by atoms with Crippen molar-refractivity contribution in [3.8, 4) is 23.0 Å². The molecule has 30 heavy (non-hydrogen) atoms. The van der Waals surface area contributed by atoms with E-state index >= 15 is 0 Å². The van der Waals surface area contributed by atoms with Gasteiger partial charge in [0.15, 0.2) is 5.78 Å². The van der Waals surface area contributed by atoms with Crippen LogP contribution in [0.1, 0.15) is 29.3 Å². The summed E-state index contributed by atoms with van der Waals surface area (Å²) in [7, 11) is 0. The van der Waals surface area contributed by atoms with Gasteiger partial charge in [0.2, 0.25) is 6.29 Å². The Morgan fingerprint density at radius 1 is 0.967 bits per heavy atom. The first kappa shape index (κ1) is 21.8. The maximum Gasteiger partial charge on any atom is 0.229 e. The number of carbonyl (C=O) groups excluding carboxylic acids is 1. The van der Waals surface area contributed by atoms with Crippen LogP contribution >= 0.6 is 0 Å². The van der Waals surface area contributed by atoms with Crippen LogP contribution in [0.2, 0.25) is 0 Å². The van der Waals surface area contributed by atoms with E-state index in [-0.39, 0.29) is 29.2 Å². The number of hydrogen-bond donors (Lipinski definition) is 6. The summed E-state index contributed by atoms with van der Waals surface area (Å²) in [5.74, 6) is -1.52. The lowest BCUT2D eigenvalue weighted by molar-refractivity contribution is -0.268. The fourth-order valence-electron chi connectivity index (χ4n) is 3.24. The first-order chi connectivity index (χ1) is 14.2. The quantitative estimate of drug-likeness (QED) is 0.372. The molecule has 9 heteroatoms. The lowest BCUT2D eigenvalue weighted by Crippen LogP contribution is -2.58. The van der Waals surface area contributed by atoms with Crippen molar-refractivity contribution < 1.29 is 44.9 Å². The molecule has 1 aliphatic rings. The predicted octanol–water partition coefficient (Wildman–Crippen LogP) is 0.825. The molecule has 0 bridgehead atoms. The van der Waals surface area contributed by atoms with Gasteiger partial charge in [-0.2, -0.15) is 0 Å². The van der Waals surface area contributed by atoms with Gasteiger partial charge in [-0.3, -0.25) is 4.79 Å². The Morgan fingerprint density at radius 2 is 1.63 bits per heavy atom. The smallest absolute Gasteiger partial charge is 0.229 e. The van der Waals surface area contributed by atoms with Crippen molar-refractivity contribution in [2.75, 3.05) is 0 Å². The Labute approximate surface area is 172 Å². The van der Waals surface area contributed by atoms with Gasteiger partial charge in [0.05, 0.1) is 6.10 Å². The maximum absolute atomic E-state index is 12.8. The van der Waals surface area contributed by atoms with Crippen LogP contribution in [0, 0.1) is 0 Å². The summed E-state index contributed by atoms with van der Waals surface area (Å²) in [6.45, 7) is 1.47. The average molecular weight is 420 g/mol. The molecule has 9 nitrogen and oxygen atoms in total. The molecular weight excluding hydrogens is 396 g/mol. The molecule has 0 spiro atoms. The largest absolute Gasteiger partial charge is 0.508 e. The van der Waals surface area contributed by atoms with Crippen molar-refractivity contribution in [3.05, 3.63) is 47.5 Å². The van der Waals surface area contributed by atoms with Gasteiger partial charge in [-0.25, -0.2) is 0 Å². The Bertz CT molecular complexity index is 896. The highest BCUT2D eigenvalue weighted by atomic mass is 16.7. The monoisotopic (exact) mass is 420 g/mol. The zero-order valence-electron chi connectivity index (χ0n) is 16.2. The number of aliphatic hydroxyl groups excluding tert-OH is 3. The summed E-state index contributed by atoms with van der Waals surface area (Å²) >= 11 is 0. The second-order valence-corrected chi connectivity index (χ2v) is 7.23. The van der Waals surface area contributed by atoms with E-state index in [0.717, 1.165) is 17.7 Å². The highest BCUT2D eigenvalue weighted by Crippen LogP contribution is 2.36. The lowest BCUT2D eigenvalue weighted by Gasteiger charge is -2.39. The first-order valence-electron chi connectivity index (χ1n) is 9.40. The third-order valence-corrected chi connectivity index (χ3v) is 4.97. The fourth-order valence-corrected chi connectivity index (χ4v) is 3.24. The molecule has 6 N–H and O–H groups in total. The second kappa shape index (κ2) is 8.88. The Kier molecular flexibility index (Phi) is 6.47. The molecule has 162 valence electrons. The summed E-state index contributed by atoms with van der Waals surface area (Å²) in [5, 5.41) is 59.2. The molecular formula is C21H24O9. The summed E-state index contributed by atoms with van der Waals surface area (Å²) in [4.78, 5) is 12.8. The predicted molar refractivity (Wildman–Crippen MR) is 104 cm³/mol. The number of aromatic hydroxyl groups is 3. The molecule has 1 fully saturated rings. The standard InChI is InChI=1S/C21H24O9/c1-10-18(26)19(27)20(28)21(29-10)30-16-9-13(23)8-15(25)17(16)14(24)7-4-11-2-5-12(22)6-3-11/h2-3,5-6,8-10,18-23,25-28H,4,7H2,1H3/t10-,18-,19-,20-,21+/m1/s1. The number of aryl methyl sites for hydroxylation is 1. The van der Waals surface area contributed by atoms with Crippen LogP contribution in [0.4, 0.5) is 0 Å². The molecule has 1 saturated heterocycles. The van der Waals surface area contributed by atoms with Gasteiger partial charge in [-0.1, -0.05) is 12.1 Å². The number of rotatable bonds is 6. The Balaban J connectivity index is 1.81. The van der Waals surface area contributed by atoms with Crippen molar-refractivity contribution in [1.82, 2.24) is 0 Å². The summed E-state index contributed by atoms with van der Waals surface area (Å²) in [6, 6.07) is 8.39. The zero-order valence-corrected chi connectivity index (χ0v) is 16.2. The third-order valence-electron chi connectivity index (χ3n) is 4.97. The van der Waals surface area contributed by atoms with E-state index in [2.05, 4.69) is 0 Å². The number of phenolic OH excluding ortho intramolecular Hbond substituents is 3. The molecule has 5 atom stereocenters. The molecule has 2 aromatic rings. The van der Waals surface area contributed by atoms with Crippen molar-refractivity contribution in [1.29, 1.82) is 0 Å². The van der Waals surface area contributed by atoms with E-state index in [1.54, 1.807) is 12.1 Å². The van der Waals surface area contributed by atoms with Crippen LogP contribution in [-0.2, 0) is 11.2 Å². The number of ketones is 1. The molecule has 0 aromatic heterocycles. The number of ether oxygens (including phenoxy) is 2. The van der Waals surface area contributed by atoms with Gasteiger partial charge in [0.25, 0.3) is 0 Å². The Hall–Kier alpha value is -2.85. The van der Waals surface area contributed by atoms with Crippen LogP contribution in [0.15, 0.2) is 36.4 Å². The summed E-state index contributed by atoms with van der Waals surface area (Å²) in [6.07, 6.45) is -6.49. The summed E-state index contributed by atoms with van der Waals surface area (Å²) < 4.78 is 10.9. The first-order valence-corrected chi connectivity index (χ1v) is 9.40. The maximum atomic E-state index is 12.8. The number of aliphatic hydroxyl groups is 3. The van der Waals surface area contributed by atoms with Gasteiger partial charge in [-0.05, 0) is 31.0 Å². The van der Waals surface area contributed by atoms with Crippen molar-refractivity contribution >= 4 is 5.78 Å². The minimum Gasteiger partial charge on any atom is -0.508 e. The van der Waals surface area contributed by atoms with E-state index in [1.807, 2.05) is 0 Å². The minimum atomic E-state index is -1.62. The molecule has 0 unspecified atom stereocenters. The topological polar surface area (TPSA) is 157 Å². The van der Waals surface area contributed by atoms with Gasteiger partial charge in [0, 0.05) is 18.6 Å². The SMILES string of the molecule is C[C@H]1O[C@@H](Oc2cc(O)cc(O)c2C(=O)CCc2ccc(O)cc2)[C@H](O)[C@H](O)[C@@H]1O. The molecule has 1 aliphatic heterocycles. The van der Waals surface area contributed by atoms with Crippen LogP contribution in [0.25, 0.3) is 0 Å². The number of hydrogen-bond acceptors (Lipinski definition) is 9. The van der Waals surface area contributed by atoms with E-state index in [1.165, 1.54) is 19.1 Å². The number of phenols is 3. The second-order valence-electron chi connectivity index (χ2n) is 7.23. The van der Waals surface area contributed by atoms with Crippen LogP contribution in [0.5, 0.6) is 23.0 Å². The number of benzene rings is 2. The zero-order chi connectivity index (χ0) is 22.0.